The maximum atomic E-state index is 2.58. The van der Waals surface area contributed by atoms with Crippen molar-refractivity contribution in [1.82, 2.24) is 0 Å². The Morgan fingerprint density at radius 1 is 0.314 bits per heavy atom. The molecule has 1 nitrogen and oxygen atoms in total. The number of hydrogen-bond acceptors (Lipinski definition) is 1. The Morgan fingerprint density at radius 3 is 1.33 bits per heavy atom. The average molecular weight is 904 g/mol. The molecule has 1 heteroatoms. The molecule has 0 atom stereocenters. The van der Waals surface area contributed by atoms with Crippen LogP contribution in [0.2, 0.25) is 0 Å². The number of benzene rings is 10. The van der Waals surface area contributed by atoms with Gasteiger partial charge < -0.3 is 4.90 Å². The second kappa shape index (κ2) is 17.3. The zero-order chi connectivity index (χ0) is 48.4. The molecule has 1 aliphatic rings. The summed E-state index contributed by atoms with van der Waals surface area (Å²) in [6, 6.07) is 83.8. The van der Waals surface area contributed by atoms with E-state index in [1.165, 1.54) is 94.2 Å². The summed E-state index contributed by atoms with van der Waals surface area (Å²) in [6.45, 7) is 18.7. The minimum absolute atomic E-state index is 0.0186. The molecule has 70 heavy (non-hydrogen) atoms. The van der Waals surface area contributed by atoms with Gasteiger partial charge in [-0.3, -0.25) is 0 Å². The van der Waals surface area contributed by atoms with Gasteiger partial charge in [0.15, 0.2) is 0 Å². The lowest BCUT2D eigenvalue weighted by atomic mass is 9.78. The van der Waals surface area contributed by atoms with Gasteiger partial charge in [-0.2, -0.15) is 0 Å². The molecule has 11 rings (SSSR count). The number of fused-ring (bicyclic) bond motifs is 4. The summed E-state index contributed by atoms with van der Waals surface area (Å²) in [5.41, 5.74) is 23.1. The van der Waals surface area contributed by atoms with Crippen LogP contribution in [-0.4, -0.2) is 0 Å². The molecule has 0 heterocycles. The number of nitrogens with zero attached hydrogens (tertiary/aromatic N) is 1. The topological polar surface area (TPSA) is 3.24 Å². The van der Waals surface area contributed by atoms with Crippen LogP contribution < -0.4 is 4.90 Å². The van der Waals surface area contributed by atoms with Gasteiger partial charge in [0.25, 0.3) is 0 Å². The lowest BCUT2D eigenvalue weighted by Crippen LogP contribution is -2.16. The smallest absolute Gasteiger partial charge is 0.0543 e. The summed E-state index contributed by atoms with van der Waals surface area (Å²) >= 11 is 0. The number of anilines is 3. The Hall–Kier alpha value is -7.74. The first-order chi connectivity index (χ1) is 33.8. The van der Waals surface area contributed by atoms with Crippen LogP contribution in [0.25, 0.3) is 77.5 Å². The number of rotatable bonds is 8. The number of para-hydroxylation sites is 2. The highest BCUT2D eigenvalue weighted by Gasteiger charge is 2.38. The van der Waals surface area contributed by atoms with E-state index in [1.807, 2.05) is 0 Å². The molecule has 0 aliphatic heterocycles. The zero-order valence-electron chi connectivity index (χ0n) is 41.8. The first kappa shape index (κ1) is 44.7. The van der Waals surface area contributed by atoms with Crippen LogP contribution in [-0.2, 0) is 16.2 Å². The van der Waals surface area contributed by atoms with Gasteiger partial charge in [0.2, 0.25) is 0 Å². The van der Waals surface area contributed by atoms with Crippen LogP contribution in [0.5, 0.6) is 0 Å². The van der Waals surface area contributed by atoms with Crippen molar-refractivity contribution in [3.63, 3.8) is 0 Å². The molecular weight excluding hydrogens is 843 g/mol. The van der Waals surface area contributed by atoms with Crippen molar-refractivity contribution in [3.05, 3.63) is 247 Å². The minimum Gasteiger partial charge on any atom is -0.309 e. The van der Waals surface area contributed by atoms with Crippen molar-refractivity contribution < 1.29 is 0 Å². The SMILES string of the molecule is CC(C)(C)c1cc(-c2cccc3cccc(-c4ccccc4N(c4ccccc4-c4ccccc4-c4ccccc4-c4ccccc4)c4cccc5c4-c4ccccc4C5(C)C)c23)cc(C(C)(C)C)c1. The number of hydrogen-bond donors (Lipinski definition) is 0. The standard InChI is InChI=1S/C69H61N/c1-67(2,3)49-43-48(44-50(45-49)68(4,5)6)52-36-22-27-47-28-23-37-58(65(47)52)57-34-18-21-41-63(57)70(64-42-24-39-61-66(64)59-35-16-19-38-60(59)69(61,7)8)62-40-20-17-33-56(62)55-32-15-14-31-54(55)53-30-13-12-29-51(53)46-25-10-9-11-26-46/h9-45H,1-8H3. The summed E-state index contributed by atoms with van der Waals surface area (Å²) in [5, 5.41) is 2.47. The van der Waals surface area contributed by atoms with Gasteiger partial charge in [-0.25, -0.2) is 0 Å². The molecule has 0 N–H and O–H groups in total. The Bertz CT molecular complexity index is 3560. The molecule has 0 amide bonds. The van der Waals surface area contributed by atoms with Gasteiger partial charge >= 0.3 is 0 Å². The van der Waals surface area contributed by atoms with Crippen LogP contribution in [0, 0.1) is 0 Å². The van der Waals surface area contributed by atoms with Crippen molar-refractivity contribution in [3.8, 4) is 66.8 Å². The quantitative estimate of drug-likeness (QED) is 0.147. The van der Waals surface area contributed by atoms with Crippen LogP contribution in [0.15, 0.2) is 224 Å². The van der Waals surface area contributed by atoms with E-state index in [0.29, 0.717) is 0 Å². The maximum Gasteiger partial charge on any atom is 0.0543 e. The van der Waals surface area contributed by atoms with Crippen molar-refractivity contribution in [2.75, 3.05) is 4.90 Å². The molecule has 0 bridgehead atoms. The Morgan fingerprint density at radius 2 is 0.729 bits per heavy atom. The fraction of sp³-hybridized carbons (Fsp3) is 0.159. The third kappa shape index (κ3) is 7.75. The normalized spacial score (nSPS) is 13.0. The van der Waals surface area contributed by atoms with Crippen molar-refractivity contribution in [1.29, 1.82) is 0 Å². The predicted molar refractivity (Wildman–Crippen MR) is 301 cm³/mol. The predicted octanol–water partition coefficient (Wildman–Crippen LogP) is 19.5. The van der Waals surface area contributed by atoms with Crippen LogP contribution >= 0.6 is 0 Å². The zero-order valence-corrected chi connectivity index (χ0v) is 41.8. The Kier molecular flexibility index (Phi) is 11.1. The average Bonchev–Trinajstić information content (AvgIpc) is 3.62. The molecule has 0 aromatic heterocycles. The van der Waals surface area contributed by atoms with E-state index in [2.05, 4.69) is 285 Å². The van der Waals surface area contributed by atoms with Crippen LogP contribution in [0.3, 0.4) is 0 Å². The molecule has 342 valence electrons. The van der Waals surface area contributed by atoms with Gasteiger partial charge in [-0.05, 0) is 112 Å². The highest BCUT2D eigenvalue weighted by Crippen LogP contribution is 2.56. The van der Waals surface area contributed by atoms with E-state index in [4.69, 9.17) is 0 Å². The minimum atomic E-state index is -0.182. The molecular formula is C69H61N. The van der Waals surface area contributed by atoms with E-state index in [1.54, 1.807) is 0 Å². The molecule has 0 radical (unpaired) electrons. The van der Waals surface area contributed by atoms with Gasteiger partial charge in [-0.1, -0.05) is 262 Å². The van der Waals surface area contributed by atoms with Gasteiger partial charge in [0, 0.05) is 22.1 Å². The van der Waals surface area contributed by atoms with E-state index >= 15 is 0 Å². The second-order valence-electron chi connectivity index (χ2n) is 21.7. The largest absolute Gasteiger partial charge is 0.309 e. The van der Waals surface area contributed by atoms with E-state index in [0.717, 1.165) is 22.6 Å². The summed E-state index contributed by atoms with van der Waals surface area (Å²) < 4.78 is 0. The Labute approximate surface area is 415 Å². The first-order valence-corrected chi connectivity index (χ1v) is 24.9. The fourth-order valence-corrected chi connectivity index (χ4v) is 11.1. The van der Waals surface area contributed by atoms with E-state index in [9.17, 15) is 0 Å². The summed E-state index contributed by atoms with van der Waals surface area (Å²) in [6.07, 6.45) is 0. The van der Waals surface area contributed by atoms with Gasteiger partial charge in [-0.15, -0.1) is 0 Å². The molecule has 0 saturated heterocycles. The molecule has 10 aromatic carbocycles. The molecule has 0 spiro atoms. The molecule has 10 aromatic rings. The van der Waals surface area contributed by atoms with E-state index in [-0.39, 0.29) is 16.2 Å². The fourth-order valence-electron chi connectivity index (χ4n) is 11.1. The summed E-state index contributed by atoms with van der Waals surface area (Å²) in [7, 11) is 0. The second-order valence-corrected chi connectivity index (χ2v) is 21.7. The lowest BCUT2D eigenvalue weighted by Gasteiger charge is -2.32. The van der Waals surface area contributed by atoms with Gasteiger partial charge in [0.1, 0.15) is 0 Å². The highest BCUT2D eigenvalue weighted by atomic mass is 15.2. The van der Waals surface area contributed by atoms with Crippen molar-refractivity contribution >= 4 is 27.8 Å². The van der Waals surface area contributed by atoms with Crippen molar-refractivity contribution in [2.24, 2.45) is 0 Å². The van der Waals surface area contributed by atoms with E-state index < -0.39 is 0 Å². The van der Waals surface area contributed by atoms with Crippen LogP contribution in [0.1, 0.15) is 77.6 Å². The maximum absolute atomic E-state index is 2.58. The molecule has 0 saturated carbocycles. The lowest BCUT2D eigenvalue weighted by molar-refractivity contribution is 0.569. The monoisotopic (exact) mass is 903 g/mol. The summed E-state index contributed by atoms with van der Waals surface area (Å²) in [5.74, 6) is 0. The highest BCUT2D eigenvalue weighted by molar-refractivity contribution is 6.10. The molecule has 1 aliphatic carbocycles. The van der Waals surface area contributed by atoms with Crippen molar-refractivity contribution in [2.45, 2.75) is 71.6 Å². The summed E-state index contributed by atoms with van der Waals surface area (Å²) in [4.78, 5) is 2.58. The molecule has 0 unspecified atom stereocenters. The third-order valence-corrected chi connectivity index (χ3v) is 14.8. The van der Waals surface area contributed by atoms with Gasteiger partial charge in [0.05, 0.1) is 17.1 Å². The van der Waals surface area contributed by atoms with Crippen LogP contribution in [0.4, 0.5) is 17.1 Å². The molecule has 0 fully saturated rings. The first-order valence-electron chi connectivity index (χ1n) is 24.9. The third-order valence-electron chi connectivity index (χ3n) is 14.8. The Balaban J connectivity index is 1.20.